The molecule has 3 heteroatoms. The van der Waals surface area contributed by atoms with E-state index < -0.39 is 5.37 Å². The fraction of sp³-hybridized carbons (Fsp3) is 0.182. The third-order valence-electron chi connectivity index (χ3n) is 1.99. The van der Waals surface area contributed by atoms with Gasteiger partial charge in [-0.25, -0.2) is 0 Å². The molecule has 0 N–H and O–H groups in total. The minimum atomic E-state index is -0.501. The summed E-state index contributed by atoms with van der Waals surface area (Å²) >= 11 is 5.40. The largest absolute Gasteiger partial charge is 0.320 e. The maximum Gasteiger partial charge on any atom is 0.320 e. The number of anilines is 1. The molecule has 0 saturated heterocycles. The van der Waals surface area contributed by atoms with E-state index in [1.54, 1.807) is 7.05 Å². The van der Waals surface area contributed by atoms with Gasteiger partial charge in [-0.05, 0) is 30.2 Å². The average Bonchev–Trinajstić information content (AvgIpc) is 2.16. The molecule has 2 nitrogen and oxygen atoms in total. The number of amides is 1. The van der Waals surface area contributed by atoms with Gasteiger partial charge < -0.3 is 4.90 Å². The minimum absolute atomic E-state index is 0.501. The van der Waals surface area contributed by atoms with Crippen LogP contribution in [-0.4, -0.2) is 12.4 Å². The van der Waals surface area contributed by atoms with E-state index in [0.29, 0.717) is 0 Å². The van der Waals surface area contributed by atoms with E-state index in [0.717, 1.165) is 16.8 Å². The summed E-state index contributed by atoms with van der Waals surface area (Å²) in [5.74, 6) is 0. The number of hydrogen-bond acceptors (Lipinski definition) is 1. The molecular formula is C11H12ClNO. The first-order valence-electron chi connectivity index (χ1n) is 4.22. The fourth-order valence-corrected chi connectivity index (χ4v) is 1.31. The molecule has 0 heterocycles. The molecule has 74 valence electrons. The van der Waals surface area contributed by atoms with Crippen LogP contribution in [0.15, 0.2) is 30.8 Å². The van der Waals surface area contributed by atoms with Gasteiger partial charge in [0, 0.05) is 12.6 Å². The van der Waals surface area contributed by atoms with Gasteiger partial charge >= 0.3 is 5.37 Å². The van der Waals surface area contributed by atoms with Crippen molar-refractivity contribution in [3.05, 3.63) is 36.4 Å². The third kappa shape index (κ3) is 2.15. The molecule has 1 amide bonds. The Bertz CT molecular complexity index is 373. The molecule has 0 bridgehead atoms. The number of hydrogen-bond donors (Lipinski definition) is 0. The van der Waals surface area contributed by atoms with E-state index in [2.05, 4.69) is 6.58 Å². The van der Waals surface area contributed by atoms with Gasteiger partial charge in [0.05, 0.1) is 5.69 Å². The minimum Gasteiger partial charge on any atom is -0.301 e. The summed E-state index contributed by atoms with van der Waals surface area (Å²) in [5, 5.41) is -0.501. The Labute approximate surface area is 88.8 Å². The molecule has 14 heavy (non-hydrogen) atoms. The molecule has 1 rings (SSSR count). The number of carbonyl (C=O) groups is 1. The Hall–Kier alpha value is -1.28. The predicted molar refractivity (Wildman–Crippen MR) is 60.8 cm³/mol. The standard InChI is InChI=1S/C11H12ClNO/c1-8(2)9-6-4-5-7-10(9)13(3)11(12)14/h4-7H,1H2,2-3H3. The van der Waals surface area contributed by atoms with E-state index in [1.807, 2.05) is 31.2 Å². The molecule has 0 fully saturated rings. The van der Waals surface area contributed by atoms with Crippen LogP contribution in [-0.2, 0) is 0 Å². The molecule has 0 aromatic heterocycles. The van der Waals surface area contributed by atoms with Crippen molar-refractivity contribution in [3.63, 3.8) is 0 Å². The van der Waals surface area contributed by atoms with Crippen LogP contribution in [0.1, 0.15) is 12.5 Å². The monoisotopic (exact) mass is 209 g/mol. The first-order valence-corrected chi connectivity index (χ1v) is 4.60. The van der Waals surface area contributed by atoms with Gasteiger partial charge in [-0.2, -0.15) is 0 Å². The zero-order valence-corrected chi connectivity index (χ0v) is 9.01. The van der Waals surface area contributed by atoms with Gasteiger partial charge in [-0.15, -0.1) is 0 Å². The van der Waals surface area contributed by atoms with Crippen molar-refractivity contribution in [2.45, 2.75) is 6.92 Å². The van der Waals surface area contributed by atoms with Crippen molar-refractivity contribution in [2.75, 3.05) is 11.9 Å². The SMILES string of the molecule is C=C(C)c1ccccc1N(C)C(=O)Cl. The number of halogens is 1. The van der Waals surface area contributed by atoms with Crippen LogP contribution < -0.4 is 4.90 Å². The van der Waals surface area contributed by atoms with Gasteiger partial charge in [-0.1, -0.05) is 24.8 Å². The van der Waals surface area contributed by atoms with Crippen molar-refractivity contribution in [2.24, 2.45) is 0 Å². The predicted octanol–water partition coefficient (Wildman–Crippen LogP) is 3.51. The smallest absolute Gasteiger partial charge is 0.301 e. The molecule has 1 aromatic rings. The van der Waals surface area contributed by atoms with Gasteiger partial charge in [0.1, 0.15) is 0 Å². The second kappa shape index (κ2) is 4.29. The van der Waals surface area contributed by atoms with Gasteiger partial charge in [0.25, 0.3) is 0 Å². The van der Waals surface area contributed by atoms with Crippen LogP contribution in [0.5, 0.6) is 0 Å². The van der Waals surface area contributed by atoms with E-state index in [1.165, 1.54) is 4.90 Å². The zero-order valence-electron chi connectivity index (χ0n) is 8.25. The number of benzene rings is 1. The number of para-hydroxylation sites is 1. The molecule has 0 spiro atoms. The number of allylic oxidation sites excluding steroid dienone is 1. The molecule has 0 aliphatic rings. The van der Waals surface area contributed by atoms with E-state index >= 15 is 0 Å². The maximum atomic E-state index is 11.0. The van der Waals surface area contributed by atoms with Crippen molar-refractivity contribution in [1.82, 2.24) is 0 Å². The van der Waals surface area contributed by atoms with Crippen molar-refractivity contribution >= 4 is 28.2 Å². The molecule has 0 radical (unpaired) electrons. The maximum absolute atomic E-state index is 11.0. The highest BCUT2D eigenvalue weighted by Crippen LogP contribution is 2.25. The van der Waals surface area contributed by atoms with Crippen molar-refractivity contribution in [1.29, 1.82) is 0 Å². The van der Waals surface area contributed by atoms with Crippen molar-refractivity contribution in [3.8, 4) is 0 Å². The highest BCUT2D eigenvalue weighted by molar-refractivity contribution is 6.66. The number of rotatable bonds is 2. The van der Waals surface area contributed by atoms with Crippen LogP contribution in [0.3, 0.4) is 0 Å². The zero-order chi connectivity index (χ0) is 10.7. The lowest BCUT2D eigenvalue weighted by atomic mass is 10.1. The number of carbonyl (C=O) groups excluding carboxylic acids is 1. The van der Waals surface area contributed by atoms with Crippen LogP contribution in [0.2, 0.25) is 0 Å². The van der Waals surface area contributed by atoms with Gasteiger partial charge in [0.15, 0.2) is 0 Å². The molecule has 0 saturated carbocycles. The van der Waals surface area contributed by atoms with Crippen LogP contribution in [0.25, 0.3) is 5.57 Å². The summed E-state index contributed by atoms with van der Waals surface area (Å²) in [7, 11) is 1.64. The molecule has 0 unspecified atom stereocenters. The Morgan fingerprint density at radius 3 is 2.50 bits per heavy atom. The van der Waals surface area contributed by atoms with Crippen LogP contribution >= 0.6 is 11.6 Å². The highest BCUT2D eigenvalue weighted by atomic mass is 35.5. The van der Waals surface area contributed by atoms with Gasteiger partial charge in [-0.3, -0.25) is 4.79 Å². The van der Waals surface area contributed by atoms with Crippen LogP contribution in [0.4, 0.5) is 10.5 Å². The van der Waals surface area contributed by atoms with Gasteiger partial charge in [0.2, 0.25) is 0 Å². The molecule has 0 aliphatic heterocycles. The Kier molecular flexibility index (Phi) is 3.31. The average molecular weight is 210 g/mol. The number of nitrogens with zero attached hydrogens (tertiary/aromatic N) is 1. The summed E-state index contributed by atoms with van der Waals surface area (Å²) in [6, 6.07) is 7.51. The van der Waals surface area contributed by atoms with E-state index in [9.17, 15) is 4.79 Å². The Morgan fingerprint density at radius 1 is 1.43 bits per heavy atom. The molecule has 1 aromatic carbocycles. The molecular weight excluding hydrogens is 198 g/mol. The quantitative estimate of drug-likeness (QED) is 0.539. The summed E-state index contributed by atoms with van der Waals surface area (Å²) in [6.07, 6.45) is 0. The normalized spacial score (nSPS) is 9.64. The summed E-state index contributed by atoms with van der Waals surface area (Å²) in [4.78, 5) is 12.4. The first-order chi connectivity index (χ1) is 6.54. The highest BCUT2D eigenvalue weighted by Gasteiger charge is 2.11. The summed E-state index contributed by atoms with van der Waals surface area (Å²) in [5.41, 5.74) is 2.62. The third-order valence-corrected chi connectivity index (χ3v) is 2.24. The lowest BCUT2D eigenvalue weighted by molar-refractivity contribution is 0.265. The van der Waals surface area contributed by atoms with Crippen LogP contribution in [0, 0.1) is 0 Å². The lowest BCUT2D eigenvalue weighted by Crippen LogP contribution is -2.20. The molecule has 0 atom stereocenters. The second-order valence-electron chi connectivity index (χ2n) is 3.11. The summed E-state index contributed by atoms with van der Waals surface area (Å²) in [6.45, 7) is 5.74. The lowest BCUT2D eigenvalue weighted by Gasteiger charge is -2.17. The van der Waals surface area contributed by atoms with E-state index in [-0.39, 0.29) is 0 Å². The fourth-order valence-electron chi connectivity index (χ4n) is 1.22. The second-order valence-corrected chi connectivity index (χ2v) is 3.43. The first kappa shape index (κ1) is 10.8. The van der Waals surface area contributed by atoms with Crippen molar-refractivity contribution < 1.29 is 4.79 Å². The summed E-state index contributed by atoms with van der Waals surface area (Å²) < 4.78 is 0. The van der Waals surface area contributed by atoms with E-state index in [4.69, 9.17) is 11.6 Å². The Balaban J connectivity index is 3.19. The topological polar surface area (TPSA) is 20.3 Å². The molecule has 0 aliphatic carbocycles. The Morgan fingerprint density at radius 2 is 2.00 bits per heavy atom.